The number of rotatable bonds is 2. The minimum absolute atomic E-state index is 0.0535. The van der Waals surface area contributed by atoms with Crippen LogP contribution in [0.2, 0.25) is 0 Å². The average Bonchev–Trinajstić information content (AvgIpc) is 2.80. The molecule has 1 saturated heterocycles. The molecule has 1 spiro atoms. The van der Waals surface area contributed by atoms with Crippen LogP contribution in [0.1, 0.15) is 63.9 Å². The second-order valence-corrected chi connectivity index (χ2v) is 8.34. The molecule has 4 nitrogen and oxygen atoms in total. The first-order valence-electron chi connectivity index (χ1n) is 10.2. The molecule has 2 aliphatic heterocycles. The van der Waals surface area contributed by atoms with E-state index in [-0.39, 0.29) is 11.3 Å². The predicted octanol–water partition coefficient (Wildman–Crippen LogP) is 2.32. The van der Waals surface area contributed by atoms with Gasteiger partial charge in [-0.15, -0.1) is 0 Å². The van der Waals surface area contributed by atoms with Gasteiger partial charge in [0.2, 0.25) is 0 Å². The zero-order valence-electron chi connectivity index (χ0n) is 15.5. The molecule has 0 aromatic heterocycles. The third-order valence-corrected chi connectivity index (χ3v) is 6.76. The van der Waals surface area contributed by atoms with Crippen LogP contribution in [0.5, 0.6) is 0 Å². The van der Waals surface area contributed by atoms with Crippen molar-refractivity contribution in [2.75, 3.05) is 19.6 Å². The topological polar surface area (TPSA) is 36.8 Å². The summed E-state index contributed by atoms with van der Waals surface area (Å²) in [6.07, 6.45) is 10.9. The third kappa shape index (κ3) is 3.34. The Morgan fingerprint density at radius 1 is 1.12 bits per heavy atom. The molecule has 136 valence electrons. The van der Waals surface area contributed by atoms with Crippen molar-refractivity contribution in [1.29, 1.82) is 0 Å². The number of carbonyl (C=O) groups is 1. The molecule has 4 heteroatoms. The Balaban J connectivity index is 1.49. The quantitative estimate of drug-likeness (QED) is 0.810. The SMILES string of the molecule is CC(=O)N[NH+]1CC2(CCN(C3CCCCCC3)CC2)c2ccccc21. The molecule has 0 radical (unpaired) electrons. The Bertz CT molecular complexity index is 613. The maximum Gasteiger partial charge on any atom is 0.262 e. The van der Waals surface area contributed by atoms with Gasteiger partial charge in [0.15, 0.2) is 5.69 Å². The number of hydrogen-bond acceptors (Lipinski definition) is 2. The van der Waals surface area contributed by atoms with Gasteiger partial charge in [-0.2, -0.15) is 10.4 Å². The van der Waals surface area contributed by atoms with Gasteiger partial charge in [-0.1, -0.05) is 43.9 Å². The van der Waals surface area contributed by atoms with Gasteiger partial charge in [-0.25, -0.2) is 0 Å². The summed E-state index contributed by atoms with van der Waals surface area (Å²) in [5.74, 6) is 0.0535. The minimum atomic E-state index is 0.0535. The summed E-state index contributed by atoms with van der Waals surface area (Å²) in [5, 5.41) is 1.14. The molecule has 2 N–H and O–H groups in total. The van der Waals surface area contributed by atoms with Gasteiger partial charge >= 0.3 is 0 Å². The number of nitrogens with one attached hydrogen (secondary N) is 2. The summed E-state index contributed by atoms with van der Waals surface area (Å²) in [6.45, 7) is 5.05. The fourth-order valence-corrected chi connectivity index (χ4v) is 5.45. The van der Waals surface area contributed by atoms with Gasteiger partial charge in [0.05, 0.1) is 5.41 Å². The van der Waals surface area contributed by atoms with E-state index in [0.29, 0.717) is 0 Å². The molecule has 2 heterocycles. The van der Waals surface area contributed by atoms with Crippen LogP contribution < -0.4 is 10.4 Å². The number of amides is 1. The van der Waals surface area contributed by atoms with Crippen LogP contribution in [0.4, 0.5) is 5.69 Å². The van der Waals surface area contributed by atoms with E-state index in [1.165, 1.54) is 75.7 Å². The van der Waals surface area contributed by atoms with Crippen molar-refractivity contribution < 1.29 is 9.80 Å². The lowest BCUT2D eigenvalue weighted by Gasteiger charge is -2.41. The van der Waals surface area contributed by atoms with Crippen molar-refractivity contribution in [3.8, 4) is 0 Å². The van der Waals surface area contributed by atoms with Crippen molar-refractivity contribution in [2.24, 2.45) is 0 Å². The normalized spacial score (nSPS) is 27.0. The zero-order chi connectivity index (χ0) is 17.3. The Morgan fingerprint density at radius 2 is 1.80 bits per heavy atom. The van der Waals surface area contributed by atoms with Crippen molar-refractivity contribution in [3.63, 3.8) is 0 Å². The van der Waals surface area contributed by atoms with Crippen molar-refractivity contribution >= 4 is 11.6 Å². The Kier molecular flexibility index (Phi) is 4.83. The van der Waals surface area contributed by atoms with E-state index < -0.39 is 0 Å². The van der Waals surface area contributed by atoms with Crippen LogP contribution in [-0.2, 0) is 10.2 Å². The molecule has 25 heavy (non-hydrogen) atoms. The van der Waals surface area contributed by atoms with E-state index in [9.17, 15) is 4.79 Å². The maximum absolute atomic E-state index is 11.6. The lowest BCUT2D eigenvalue weighted by molar-refractivity contribution is -0.868. The van der Waals surface area contributed by atoms with E-state index in [2.05, 4.69) is 34.6 Å². The second-order valence-electron chi connectivity index (χ2n) is 8.34. The van der Waals surface area contributed by atoms with Gasteiger partial charge in [-0.3, -0.25) is 4.79 Å². The second kappa shape index (κ2) is 7.08. The fraction of sp³-hybridized carbons (Fsp3) is 0.667. The van der Waals surface area contributed by atoms with E-state index in [0.717, 1.165) is 17.6 Å². The summed E-state index contributed by atoms with van der Waals surface area (Å²) in [4.78, 5) is 14.4. The number of quaternary nitrogens is 1. The van der Waals surface area contributed by atoms with Crippen LogP contribution in [0.15, 0.2) is 24.3 Å². The van der Waals surface area contributed by atoms with E-state index in [4.69, 9.17) is 0 Å². The molecule has 4 rings (SSSR count). The van der Waals surface area contributed by atoms with Crippen molar-refractivity contribution in [1.82, 2.24) is 10.3 Å². The lowest BCUT2D eigenvalue weighted by atomic mass is 9.74. The number of benzene rings is 1. The number of hydrogen-bond donors (Lipinski definition) is 2. The number of likely N-dealkylation sites (tertiary alicyclic amines) is 1. The molecule has 1 aromatic carbocycles. The molecular weight excluding hydrogens is 310 g/mol. The van der Waals surface area contributed by atoms with Gasteiger partial charge < -0.3 is 4.90 Å². The number of carbonyl (C=O) groups excluding carboxylic acids is 1. The summed E-state index contributed by atoms with van der Waals surface area (Å²) in [5.41, 5.74) is 6.11. The first kappa shape index (κ1) is 17.0. The molecule has 1 amide bonds. The maximum atomic E-state index is 11.6. The number of fused-ring (bicyclic) bond motifs is 2. The predicted molar refractivity (Wildman–Crippen MR) is 99.7 cm³/mol. The van der Waals surface area contributed by atoms with E-state index in [1.807, 2.05) is 0 Å². The first-order valence-corrected chi connectivity index (χ1v) is 10.2. The monoisotopic (exact) mass is 342 g/mol. The van der Waals surface area contributed by atoms with E-state index in [1.54, 1.807) is 6.92 Å². The molecule has 3 aliphatic rings. The minimum Gasteiger partial charge on any atom is -0.300 e. The first-order chi connectivity index (χ1) is 12.2. The van der Waals surface area contributed by atoms with Gasteiger partial charge in [-0.05, 0) is 38.8 Å². The Labute approximate surface area is 151 Å². The third-order valence-electron chi connectivity index (χ3n) is 6.76. The van der Waals surface area contributed by atoms with Crippen LogP contribution in [0, 0.1) is 0 Å². The smallest absolute Gasteiger partial charge is 0.262 e. The van der Waals surface area contributed by atoms with Gasteiger partial charge in [0.1, 0.15) is 6.54 Å². The van der Waals surface area contributed by atoms with Crippen molar-refractivity contribution in [2.45, 2.75) is 69.7 Å². The summed E-state index contributed by atoms with van der Waals surface area (Å²) < 4.78 is 0. The largest absolute Gasteiger partial charge is 0.300 e. The van der Waals surface area contributed by atoms with Crippen LogP contribution in [-0.4, -0.2) is 36.5 Å². The number of nitrogens with zero attached hydrogens (tertiary/aromatic N) is 1. The molecule has 1 aromatic rings. The zero-order valence-corrected chi connectivity index (χ0v) is 15.5. The molecule has 1 saturated carbocycles. The molecule has 1 aliphatic carbocycles. The lowest BCUT2D eigenvalue weighted by Crippen LogP contribution is -3.14. The Morgan fingerprint density at radius 3 is 2.48 bits per heavy atom. The van der Waals surface area contributed by atoms with Crippen molar-refractivity contribution in [3.05, 3.63) is 29.8 Å². The summed E-state index contributed by atoms with van der Waals surface area (Å²) in [7, 11) is 0. The molecular formula is C21H32N3O+. The summed E-state index contributed by atoms with van der Waals surface area (Å²) in [6, 6.07) is 9.56. The fourth-order valence-electron chi connectivity index (χ4n) is 5.45. The van der Waals surface area contributed by atoms with Gasteiger partial charge in [0.25, 0.3) is 5.91 Å². The van der Waals surface area contributed by atoms with Gasteiger partial charge in [0, 0.05) is 24.6 Å². The molecule has 2 fully saturated rings. The molecule has 0 bridgehead atoms. The Hall–Kier alpha value is -1.39. The molecule has 1 atom stereocenters. The van der Waals surface area contributed by atoms with E-state index >= 15 is 0 Å². The highest BCUT2D eigenvalue weighted by Gasteiger charge is 2.49. The number of piperidine rings is 1. The number of para-hydroxylation sites is 1. The average molecular weight is 343 g/mol. The summed E-state index contributed by atoms with van der Waals surface area (Å²) >= 11 is 0. The standard InChI is InChI=1S/C21H31N3O/c1-17(25)22-24-16-21(19-10-6-7-11-20(19)24)12-14-23(15-13-21)18-8-4-2-3-5-9-18/h6-7,10-11,18H,2-5,8-9,12-16H2,1H3,(H,22,25)/p+1. The van der Waals surface area contributed by atoms with Crippen LogP contribution in [0.3, 0.4) is 0 Å². The highest BCUT2D eigenvalue weighted by atomic mass is 16.2. The van der Waals surface area contributed by atoms with Crippen LogP contribution >= 0.6 is 0 Å². The molecule has 1 unspecified atom stereocenters. The highest BCUT2D eigenvalue weighted by molar-refractivity contribution is 5.71. The highest BCUT2D eigenvalue weighted by Crippen LogP contribution is 2.41. The van der Waals surface area contributed by atoms with Crippen LogP contribution in [0.25, 0.3) is 0 Å².